The van der Waals surface area contributed by atoms with Crippen molar-refractivity contribution in [3.05, 3.63) is 34.9 Å². The number of carboxylic acid groups (broad SMARTS) is 1. The van der Waals surface area contributed by atoms with Gasteiger partial charge in [-0.25, -0.2) is 4.79 Å². The fraction of sp³-hybridized carbons (Fsp3) is 0.533. The van der Waals surface area contributed by atoms with Gasteiger partial charge in [0.15, 0.2) is 0 Å². The molecule has 3 rings (SSSR count). The maximum atomic E-state index is 11.0. The predicted molar refractivity (Wildman–Crippen MR) is 78.0 cm³/mol. The second-order valence-corrected chi connectivity index (χ2v) is 6.27. The first-order chi connectivity index (χ1) is 9.56. The molecule has 0 radical (unpaired) electrons. The monoisotopic (exact) mass is 294 g/mol. The molecule has 2 saturated heterocycles. The molecule has 4 nitrogen and oxygen atoms in total. The van der Waals surface area contributed by atoms with E-state index in [1.807, 2.05) is 18.2 Å². The highest BCUT2D eigenvalue weighted by atomic mass is 35.5. The van der Waals surface area contributed by atoms with Crippen LogP contribution in [0.3, 0.4) is 0 Å². The number of benzene rings is 1. The van der Waals surface area contributed by atoms with Crippen LogP contribution in [0.1, 0.15) is 18.5 Å². The number of carbonyl (C=O) groups is 1. The Kier molecular flexibility index (Phi) is 3.61. The second-order valence-electron chi connectivity index (χ2n) is 5.86. The summed E-state index contributed by atoms with van der Waals surface area (Å²) in [6, 6.07) is 8.25. The van der Waals surface area contributed by atoms with Crippen LogP contribution in [0, 0.1) is 11.8 Å². The Bertz CT molecular complexity index is 508. The summed E-state index contributed by atoms with van der Waals surface area (Å²) in [5, 5.41) is 9.86. The molecule has 1 aromatic rings. The summed E-state index contributed by atoms with van der Waals surface area (Å²) in [4.78, 5) is 15.0. The Morgan fingerprint density at radius 1 is 1.25 bits per heavy atom. The lowest BCUT2D eigenvalue weighted by atomic mass is 10.0. The Morgan fingerprint density at radius 3 is 2.40 bits per heavy atom. The molecule has 5 heteroatoms. The van der Waals surface area contributed by atoms with Crippen LogP contribution in [0.15, 0.2) is 24.3 Å². The molecule has 0 saturated carbocycles. The Hall–Kier alpha value is -1.26. The molecule has 3 atom stereocenters. The maximum absolute atomic E-state index is 11.0. The molecule has 2 heterocycles. The van der Waals surface area contributed by atoms with Crippen molar-refractivity contribution in [2.75, 3.05) is 26.2 Å². The van der Waals surface area contributed by atoms with E-state index in [0.29, 0.717) is 24.9 Å². The van der Waals surface area contributed by atoms with Crippen molar-refractivity contribution in [3.8, 4) is 0 Å². The molecule has 1 N–H and O–H groups in total. The lowest BCUT2D eigenvalue weighted by Gasteiger charge is -2.27. The average molecular weight is 295 g/mol. The number of hydrogen-bond acceptors (Lipinski definition) is 2. The number of amides is 1. The molecule has 20 heavy (non-hydrogen) atoms. The summed E-state index contributed by atoms with van der Waals surface area (Å²) in [7, 11) is 0. The zero-order valence-corrected chi connectivity index (χ0v) is 12.3. The smallest absolute Gasteiger partial charge is 0.407 e. The van der Waals surface area contributed by atoms with Gasteiger partial charge >= 0.3 is 6.09 Å². The van der Waals surface area contributed by atoms with Gasteiger partial charge in [0.2, 0.25) is 0 Å². The lowest BCUT2D eigenvalue weighted by molar-refractivity contribution is 0.146. The maximum Gasteiger partial charge on any atom is 0.407 e. The fourth-order valence-corrected chi connectivity index (χ4v) is 3.81. The van der Waals surface area contributed by atoms with Crippen LogP contribution in [-0.4, -0.2) is 47.2 Å². The van der Waals surface area contributed by atoms with Gasteiger partial charge in [-0.05, 0) is 30.4 Å². The molecule has 0 aromatic heterocycles. The molecule has 2 fully saturated rings. The van der Waals surface area contributed by atoms with Gasteiger partial charge < -0.3 is 10.0 Å². The average Bonchev–Trinajstić information content (AvgIpc) is 2.96. The Morgan fingerprint density at radius 2 is 1.85 bits per heavy atom. The van der Waals surface area contributed by atoms with Crippen molar-refractivity contribution in [1.82, 2.24) is 9.80 Å². The van der Waals surface area contributed by atoms with Crippen LogP contribution in [0.5, 0.6) is 0 Å². The molecule has 1 aromatic carbocycles. The predicted octanol–water partition coefficient (Wildman–Crippen LogP) is 2.94. The SMILES string of the molecule is CC(c1ccccc1Cl)N1CC2CN(C(=O)O)CC2C1. The number of nitrogens with zero attached hydrogens (tertiary/aromatic N) is 2. The van der Waals surface area contributed by atoms with E-state index in [9.17, 15) is 4.79 Å². The third-order valence-corrected chi connectivity index (χ3v) is 5.03. The molecule has 0 bridgehead atoms. The quantitative estimate of drug-likeness (QED) is 0.912. The molecule has 0 aliphatic carbocycles. The van der Waals surface area contributed by atoms with E-state index < -0.39 is 6.09 Å². The van der Waals surface area contributed by atoms with Crippen LogP contribution >= 0.6 is 11.6 Å². The minimum atomic E-state index is -0.787. The highest BCUT2D eigenvalue weighted by Crippen LogP contribution is 2.37. The van der Waals surface area contributed by atoms with E-state index in [2.05, 4.69) is 17.9 Å². The zero-order chi connectivity index (χ0) is 14.3. The van der Waals surface area contributed by atoms with Crippen molar-refractivity contribution in [2.24, 2.45) is 11.8 Å². The normalized spacial score (nSPS) is 27.6. The van der Waals surface area contributed by atoms with Gasteiger partial charge in [-0.3, -0.25) is 4.90 Å². The second kappa shape index (κ2) is 5.26. The van der Waals surface area contributed by atoms with Crippen LogP contribution in [0.4, 0.5) is 4.79 Å². The summed E-state index contributed by atoms with van der Waals surface area (Å²) in [6.45, 7) is 5.44. The van der Waals surface area contributed by atoms with Crippen molar-refractivity contribution in [1.29, 1.82) is 0 Å². The molecular formula is C15H19ClN2O2. The highest BCUT2D eigenvalue weighted by Gasteiger charge is 2.42. The topological polar surface area (TPSA) is 43.8 Å². The van der Waals surface area contributed by atoms with Crippen LogP contribution in [0.2, 0.25) is 5.02 Å². The van der Waals surface area contributed by atoms with Crippen molar-refractivity contribution in [3.63, 3.8) is 0 Å². The third-order valence-electron chi connectivity index (χ3n) is 4.69. The molecule has 0 spiro atoms. The first kappa shape index (κ1) is 13.7. The zero-order valence-electron chi connectivity index (χ0n) is 11.5. The van der Waals surface area contributed by atoms with Gasteiger partial charge in [-0.2, -0.15) is 0 Å². The number of likely N-dealkylation sites (tertiary alicyclic amines) is 2. The number of rotatable bonds is 2. The first-order valence-electron chi connectivity index (χ1n) is 7.02. The Balaban J connectivity index is 1.68. The molecule has 108 valence electrons. The molecule has 2 aliphatic heterocycles. The molecular weight excluding hydrogens is 276 g/mol. The fourth-order valence-electron chi connectivity index (χ4n) is 3.51. The van der Waals surface area contributed by atoms with Gasteiger partial charge in [-0.1, -0.05) is 29.8 Å². The molecule has 1 amide bonds. The van der Waals surface area contributed by atoms with E-state index in [-0.39, 0.29) is 6.04 Å². The summed E-state index contributed by atoms with van der Waals surface area (Å²) in [5.74, 6) is 0.937. The number of fused-ring (bicyclic) bond motifs is 1. The van der Waals surface area contributed by atoms with E-state index in [0.717, 1.165) is 23.7 Å². The standard InChI is InChI=1S/C15H19ClN2O2/c1-10(13-4-2-3-5-14(13)16)17-6-11-8-18(15(19)20)9-12(11)7-17/h2-5,10-12H,6-9H2,1H3,(H,19,20). The van der Waals surface area contributed by atoms with Gasteiger partial charge in [0, 0.05) is 37.2 Å². The minimum absolute atomic E-state index is 0.285. The van der Waals surface area contributed by atoms with Crippen LogP contribution < -0.4 is 0 Å². The van der Waals surface area contributed by atoms with Crippen LogP contribution in [-0.2, 0) is 0 Å². The summed E-state index contributed by atoms with van der Waals surface area (Å²) in [5.41, 5.74) is 1.16. The number of hydrogen-bond donors (Lipinski definition) is 1. The van der Waals surface area contributed by atoms with E-state index in [4.69, 9.17) is 16.7 Å². The minimum Gasteiger partial charge on any atom is -0.465 e. The third kappa shape index (κ3) is 2.38. The first-order valence-corrected chi connectivity index (χ1v) is 7.40. The van der Waals surface area contributed by atoms with Gasteiger partial charge in [0.1, 0.15) is 0 Å². The number of halogens is 1. The summed E-state index contributed by atoms with van der Waals surface area (Å²) >= 11 is 6.27. The molecule has 2 aliphatic rings. The van der Waals surface area contributed by atoms with E-state index >= 15 is 0 Å². The van der Waals surface area contributed by atoms with Gasteiger partial charge in [0.25, 0.3) is 0 Å². The highest BCUT2D eigenvalue weighted by molar-refractivity contribution is 6.31. The van der Waals surface area contributed by atoms with E-state index in [1.165, 1.54) is 0 Å². The van der Waals surface area contributed by atoms with Crippen LogP contribution in [0.25, 0.3) is 0 Å². The van der Waals surface area contributed by atoms with Crippen molar-refractivity contribution < 1.29 is 9.90 Å². The van der Waals surface area contributed by atoms with E-state index in [1.54, 1.807) is 4.90 Å². The summed E-state index contributed by atoms with van der Waals surface area (Å²) < 4.78 is 0. The van der Waals surface area contributed by atoms with Gasteiger partial charge in [0.05, 0.1) is 0 Å². The largest absolute Gasteiger partial charge is 0.465 e. The van der Waals surface area contributed by atoms with Crippen molar-refractivity contribution in [2.45, 2.75) is 13.0 Å². The van der Waals surface area contributed by atoms with Gasteiger partial charge in [-0.15, -0.1) is 0 Å². The van der Waals surface area contributed by atoms with Crippen molar-refractivity contribution >= 4 is 17.7 Å². The molecule has 3 unspecified atom stereocenters. The lowest BCUT2D eigenvalue weighted by Crippen LogP contribution is -2.33. The Labute approximate surface area is 123 Å². The summed E-state index contributed by atoms with van der Waals surface area (Å²) in [6.07, 6.45) is -0.787.